The molecule has 1 fully saturated rings. The van der Waals surface area contributed by atoms with Crippen molar-refractivity contribution < 1.29 is 4.42 Å². The van der Waals surface area contributed by atoms with E-state index >= 15 is 0 Å². The van der Waals surface area contributed by atoms with Crippen LogP contribution in [0.1, 0.15) is 38.5 Å². The predicted molar refractivity (Wildman–Crippen MR) is 70.2 cm³/mol. The van der Waals surface area contributed by atoms with Crippen LogP contribution in [0.3, 0.4) is 0 Å². The normalized spacial score (nSPS) is 20.2. The van der Waals surface area contributed by atoms with E-state index in [4.69, 9.17) is 4.42 Å². The zero-order valence-electron chi connectivity index (χ0n) is 11.6. The average molecular weight is 252 g/mol. The Hall–Kier alpha value is -0.940. The molecule has 1 aliphatic heterocycles. The van der Waals surface area contributed by atoms with E-state index < -0.39 is 0 Å². The van der Waals surface area contributed by atoms with Crippen molar-refractivity contribution in [2.24, 2.45) is 5.92 Å². The SMILES string of the molecule is Cc1nnc(CN(CC(C)C)CC2CCCN2)o1. The van der Waals surface area contributed by atoms with Crippen LogP contribution in [0, 0.1) is 12.8 Å². The molecule has 18 heavy (non-hydrogen) atoms. The molecule has 1 unspecified atom stereocenters. The molecule has 0 bridgehead atoms. The Morgan fingerprint density at radius 2 is 2.28 bits per heavy atom. The average Bonchev–Trinajstić information content (AvgIpc) is 2.89. The second-order valence-corrected chi connectivity index (χ2v) is 5.60. The topological polar surface area (TPSA) is 54.2 Å². The first-order chi connectivity index (χ1) is 8.63. The quantitative estimate of drug-likeness (QED) is 0.833. The molecule has 2 rings (SSSR count). The summed E-state index contributed by atoms with van der Waals surface area (Å²) < 4.78 is 5.48. The zero-order valence-corrected chi connectivity index (χ0v) is 11.6. The van der Waals surface area contributed by atoms with Crippen LogP contribution in [0.25, 0.3) is 0 Å². The summed E-state index contributed by atoms with van der Waals surface area (Å²) >= 11 is 0. The van der Waals surface area contributed by atoms with E-state index in [2.05, 4.69) is 34.3 Å². The van der Waals surface area contributed by atoms with Gasteiger partial charge in [-0.05, 0) is 25.3 Å². The molecular weight excluding hydrogens is 228 g/mol. The molecule has 0 saturated carbocycles. The third-order valence-electron chi connectivity index (χ3n) is 3.19. The van der Waals surface area contributed by atoms with E-state index in [0.717, 1.165) is 32.1 Å². The van der Waals surface area contributed by atoms with Crippen LogP contribution in [0.4, 0.5) is 0 Å². The van der Waals surface area contributed by atoms with E-state index in [0.29, 0.717) is 17.9 Å². The lowest BCUT2D eigenvalue weighted by Gasteiger charge is -2.25. The lowest BCUT2D eigenvalue weighted by molar-refractivity contribution is 0.197. The van der Waals surface area contributed by atoms with E-state index in [1.54, 1.807) is 0 Å². The summed E-state index contributed by atoms with van der Waals surface area (Å²) in [7, 11) is 0. The summed E-state index contributed by atoms with van der Waals surface area (Å²) in [5.74, 6) is 2.02. The van der Waals surface area contributed by atoms with Gasteiger partial charge >= 0.3 is 0 Å². The summed E-state index contributed by atoms with van der Waals surface area (Å²) in [4.78, 5) is 2.42. The fourth-order valence-corrected chi connectivity index (χ4v) is 2.54. The van der Waals surface area contributed by atoms with Gasteiger partial charge in [-0.25, -0.2) is 0 Å². The highest BCUT2D eigenvalue weighted by atomic mass is 16.4. The molecule has 1 aromatic rings. The maximum Gasteiger partial charge on any atom is 0.230 e. The van der Waals surface area contributed by atoms with Crippen LogP contribution < -0.4 is 5.32 Å². The summed E-state index contributed by atoms with van der Waals surface area (Å²) in [5.41, 5.74) is 0. The number of nitrogens with one attached hydrogen (secondary N) is 1. The molecule has 1 aromatic heterocycles. The molecule has 2 heterocycles. The minimum Gasteiger partial charge on any atom is -0.424 e. The van der Waals surface area contributed by atoms with Crippen LogP contribution in [0.5, 0.6) is 0 Å². The number of aromatic nitrogens is 2. The van der Waals surface area contributed by atoms with Crippen molar-refractivity contribution in [1.29, 1.82) is 0 Å². The first kappa shape index (κ1) is 13.5. The molecule has 0 aromatic carbocycles. The molecule has 1 atom stereocenters. The predicted octanol–water partition coefficient (Wildman–Crippen LogP) is 1.59. The highest BCUT2D eigenvalue weighted by molar-refractivity contribution is 4.83. The summed E-state index contributed by atoms with van der Waals surface area (Å²) in [5, 5.41) is 11.5. The Morgan fingerprint density at radius 1 is 1.44 bits per heavy atom. The Kier molecular flexibility index (Phi) is 4.72. The molecule has 0 radical (unpaired) electrons. The van der Waals surface area contributed by atoms with Gasteiger partial charge in [0.1, 0.15) is 0 Å². The number of rotatable bonds is 6. The number of nitrogens with zero attached hydrogens (tertiary/aromatic N) is 3. The Labute approximate surface area is 109 Å². The van der Waals surface area contributed by atoms with Crippen molar-refractivity contribution >= 4 is 0 Å². The highest BCUT2D eigenvalue weighted by Gasteiger charge is 2.20. The van der Waals surface area contributed by atoms with Gasteiger partial charge in [-0.1, -0.05) is 13.8 Å². The van der Waals surface area contributed by atoms with Crippen LogP contribution in [-0.2, 0) is 6.54 Å². The second-order valence-electron chi connectivity index (χ2n) is 5.60. The van der Waals surface area contributed by atoms with Gasteiger partial charge in [-0.3, -0.25) is 4.90 Å². The fraction of sp³-hybridized carbons (Fsp3) is 0.846. The van der Waals surface area contributed by atoms with Crippen molar-refractivity contribution in [3.05, 3.63) is 11.8 Å². The molecule has 1 saturated heterocycles. The number of aryl methyl sites for hydroxylation is 1. The van der Waals surface area contributed by atoms with Gasteiger partial charge in [0.2, 0.25) is 11.8 Å². The maximum absolute atomic E-state index is 5.48. The van der Waals surface area contributed by atoms with Gasteiger partial charge in [-0.2, -0.15) is 0 Å². The molecule has 1 aliphatic rings. The van der Waals surface area contributed by atoms with Crippen LogP contribution in [-0.4, -0.2) is 40.8 Å². The molecule has 5 heteroatoms. The Bertz CT molecular complexity index is 358. The molecule has 102 valence electrons. The lowest BCUT2D eigenvalue weighted by Crippen LogP contribution is -2.39. The summed E-state index contributed by atoms with van der Waals surface area (Å²) in [6.07, 6.45) is 2.57. The third-order valence-corrected chi connectivity index (χ3v) is 3.19. The minimum absolute atomic E-state index is 0.618. The Balaban J connectivity index is 1.91. The van der Waals surface area contributed by atoms with Crippen molar-refractivity contribution in [3.63, 3.8) is 0 Å². The molecular formula is C13H24N4O. The first-order valence-electron chi connectivity index (χ1n) is 6.88. The van der Waals surface area contributed by atoms with Crippen LogP contribution in [0.2, 0.25) is 0 Å². The first-order valence-corrected chi connectivity index (χ1v) is 6.88. The second kappa shape index (κ2) is 6.29. The van der Waals surface area contributed by atoms with Crippen molar-refractivity contribution in [2.45, 2.75) is 46.2 Å². The van der Waals surface area contributed by atoms with Crippen LogP contribution >= 0.6 is 0 Å². The van der Waals surface area contributed by atoms with Gasteiger partial charge in [0.05, 0.1) is 6.54 Å². The lowest BCUT2D eigenvalue weighted by atomic mass is 10.1. The van der Waals surface area contributed by atoms with Gasteiger partial charge in [0.25, 0.3) is 0 Å². The highest BCUT2D eigenvalue weighted by Crippen LogP contribution is 2.11. The van der Waals surface area contributed by atoms with Gasteiger partial charge < -0.3 is 9.73 Å². The van der Waals surface area contributed by atoms with Crippen molar-refractivity contribution in [3.8, 4) is 0 Å². The van der Waals surface area contributed by atoms with Crippen molar-refractivity contribution in [1.82, 2.24) is 20.4 Å². The van der Waals surface area contributed by atoms with E-state index in [1.165, 1.54) is 12.8 Å². The van der Waals surface area contributed by atoms with E-state index in [-0.39, 0.29) is 0 Å². The van der Waals surface area contributed by atoms with E-state index in [9.17, 15) is 0 Å². The maximum atomic E-state index is 5.48. The zero-order chi connectivity index (χ0) is 13.0. The van der Waals surface area contributed by atoms with Crippen molar-refractivity contribution in [2.75, 3.05) is 19.6 Å². The molecule has 0 spiro atoms. The van der Waals surface area contributed by atoms with E-state index in [1.807, 2.05) is 6.92 Å². The molecule has 0 aliphatic carbocycles. The minimum atomic E-state index is 0.618. The standard InChI is InChI=1S/C13H24N4O/c1-10(2)7-17(8-12-5-4-6-14-12)9-13-16-15-11(3)18-13/h10,12,14H,4-9H2,1-3H3. The number of hydrogen-bond donors (Lipinski definition) is 1. The van der Waals surface area contributed by atoms with Gasteiger partial charge in [0, 0.05) is 26.1 Å². The van der Waals surface area contributed by atoms with Gasteiger partial charge in [-0.15, -0.1) is 10.2 Å². The molecule has 1 N–H and O–H groups in total. The monoisotopic (exact) mass is 252 g/mol. The van der Waals surface area contributed by atoms with Crippen LogP contribution in [0.15, 0.2) is 4.42 Å². The molecule has 0 amide bonds. The number of hydrogen-bond acceptors (Lipinski definition) is 5. The summed E-state index contributed by atoms with van der Waals surface area (Å²) in [6.45, 7) is 10.4. The smallest absolute Gasteiger partial charge is 0.230 e. The molecule has 5 nitrogen and oxygen atoms in total. The van der Waals surface area contributed by atoms with Gasteiger partial charge in [0.15, 0.2) is 0 Å². The largest absolute Gasteiger partial charge is 0.424 e. The Morgan fingerprint density at radius 3 is 2.83 bits per heavy atom. The third kappa shape index (κ3) is 4.07. The summed E-state index contributed by atoms with van der Waals surface area (Å²) in [6, 6.07) is 0.618. The fourth-order valence-electron chi connectivity index (χ4n) is 2.54.